The average Bonchev–Trinajstić information content (AvgIpc) is 2.78. The number of benzene rings is 1. The van der Waals surface area contributed by atoms with Crippen molar-refractivity contribution in [1.29, 1.82) is 0 Å². The second-order valence-corrected chi connectivity index (χ2v) is 7.05. The average molecular weight is 302 g/mol. The van der Waals surface area contributed by atoms with Crippen LogP contribution in [0, 0.1) is 11.7 Å². The Kier molecular flexibility index (Phi) is 4.31. The minimum absolute atomic E-state index is 0.149. The first-order valence-electron chi connectivity index (χ1n) is 6.52. The van der Waals surface area contributed by atoms with Crippen LogP contribution in [0.25, 0.3) is 0 Å². The number of rotatable bonds is 5. The Morgan fingerprint density at radius 1 is 1.50 bits per heavy atom. The lowest BCUT2D eigenvalue weighted by molar-refractivity contribution is 0.236. The van der Waals surface area contributed by atoms with Gasteiger partial charge in [0.15, 0.2) is 0 Å². The molecule has 0 amide bonds. The molecule has 0 saturated carbocycles. The molecule has 0 spiro atoms. The van der Waals surface area contributed by atoms with Crippen molar-refractivity contribution >= 4 is 10.0 Å². The summed E-state index contributed by atoms with van der Waals surface area (Å²) in [5, 5.41) is 0. The fraction of sp³-hybridized carbons (Fsp3) is 0.538. The third-order valence-corrected chi connectivity index (χ3v) is 4.49. The van der Waals surface area contributed by atoms with Gasteiger partial charge in [-0.15, -0.1) is 0 Å². The summed E-state index contributed by atoms with van der Waals surface area (Å²) in [5.74, 6) is -0.211. The highest BCUT2D eigenvalue weighted by Gasteiger charge is 2.30. The number of hydrogen-bond donors (Lipinski definition) is 2. The molecule has 1 aromatic rings. The molecule has 5 nitrogen and oxygen atoms in total. The fourth-order valence-corrected chi connectivity index (χ4v) is 3.45. The van der Waals surface area contributed by atoms with Crippen LogP contribution in [0.3, 0.4) is 0 Å². The molecule has 112 valence electrons. The molecule has 1 aliphatic rings. The first-order valence-corrected chi connectivity index (χ1v) is 8.00. The van der Waals surface area contributed by atoms with Gasteiger partial charge in [-0.1, -0.05) is 13.8 Å². The summed E-state index contributed by atoms with van der Waals surface area (Å²) in [6.45, 7) is 4.32. The SMILES string of the molecule is CC(C)CNS(=O)(=O)c1cc(F)cc2c1OC(CN)C2. The van der Waals surface area contributed by atoms with Crippen molar-refractivity contribution in [1.82, 2.24) is 4.72 Å². The van der Waals surface area contributed by atoms with Crippen molar-refractivity contribution in [2.24, 2.45) is 11.7 Å². The van der Waals surface area contributed by atoms with Gasteiger partial charge in [-0.2, -0.15) is 0 Å². The maximum absolute atomic E-state index is 13.6. The van der Waals surface area contributed by atoms with Gasteiger partial charge in [-0.3, -0.25) is 0 Å². The molecule has 1 atom stereocenters. The highest BCUT2D eigenvalue weighted by molar-refractivity contribution is 7.89. The van der Waals surface area contributed by atoms with Gasteiger partial charge in [0.05, 0.1) is 0 Å². The third kappa shape index (κ3) is 3.11. The molecule has 0 saturated heterocycles. The molecular weight excluding hydrogens is 283 g/mol. The largest absolute Gasteiger partial charge is 0.487 e. The van der Waals surface area contributed by atoms with Crippen LogP contribution in [0.5, 0.6) is 5.75 Å². The number of nitrogens with two attached hydrogens (primary N) is 1. The van der Waals surface area contributed by atoms with Gasteiger partial charge in [-0.25, -0.2) is 17.5 Å². The van der Waals surface area contributed by atoms with Crippen molar-refractivity contribution in [2.45, 2.75) is 31.3 Å². The van der Waals surface area contributed by atoms with E-state index in [-0.39, 0.29) is 35.8 Å². The van der Waals surface area contributed by atoms with E-state index >= 15 is 0 Å². The number of sulfonamides is 1. The highest BCUT2D eigenvalue weighted by Crippen LogP contribution is 2.36. The monoisotopic (exact) mass is 302 g/mol. The molecule has 1 heterocycles. The summed E-state index contributed by atoms with van der Waals surface area (Å²) >= 11 is 0. The van der Waals surface area contributed by atoms with E-state index in [1.54, 1.807) is 0 Å². The van der Waals surface area contributed by atoms with Gasteiger partial charge < -0.3 is 10.5 Å². The van der Waals surface area contributed by atoms with Crippen LogP contribution in [0.4, 0.5) is 4.39 Å². The summed E-state index contributed by atoms with van der Waals surface area (Å²) in [6, 6.07) is 2.28. The lowest BCUT2D eigenvalue weighted by Gasteiger charge is -2.13. The standard InChI is InChI=1S/C13H19FN2O3S/c1-8(2)7-16-20(17,18)12-5-10(14)3-9-4-11(6-15)19-13(9)12/h3,5,8,11,16H,4,6-7,15H2,1-2H3. The Morgan fingerprint density at radius 2 is 2.20 bits per heavy atom. The number of fused-ring (bicyclic) bond motifs is 1. The zero-order valence-electron chi connectivity index (χ0n) is 11.5. The van der Waals surface area contributed by atoms with Crippen LogP contribution < -0.4 is 15.2 Å². The Morgan fingerprint density at radius 3 is 2.80 bits per heavy atom. The molecule has 0 radical (unpaired) electrons. The molecule has 2 rings (SSSR count). The van der Waals surface area contributed by atoms with E-state index in [4.69, 9.17) is 10.5 Å². The van der Waals surface area contributed by atoms with E-state index in [1.165, 1.54) is 6.07 Å². The van der Waals surface area contributed by atoms with Crippen LogP contribution >= 0.6 is 0 Å². The van der Waals surface area contributed by atoms with E-state index in [0.717, 1.165) is 6.07 Å². The Bertz CT molecular complexity index is 602. The van der Waals surface area contributed by atoms with E-state index in [1.807, 2.05) is 13.8 Å². The summed E-state index contributed by atoms with van der Waals surface area (Å²) in [6.07, 6.45) is 0.127. The second-order valence-electron chi connectivity index (χ2n) is 5.32. The summed E-state index contributed by atoms with van der Waals surface area (Å²) in [5.41, 5.74) is 6.07. The number of nitrogens with one attached hydrogen (secondary N) is 1. The van der Waals surface area contributed by atoms with Crippen LogP contribution in [0.15, 0.2) is 17.0 Å². The van der Waals surface area contributed by atoms with Crippen molar-refractivity contribution < 1.29 is 17.5 Å². The van der Waals surface area contributed by atoms with Gasteiger partial charge in [0.1, 0.15) is 22.6 Å². The number of hydrogen-bond acceptors (Lipinski definition) is 4. The predicted octanol–water partition coefficient (Wildman–Crippen LogP) is 1.02. The van der Waals surface area contributed by atoms with Crippen molar-refractivity contribution in [3.05, 3.63) is 23.5 Å². The maximum atomic E-state index is 13.6. The number of halogens is 1. The minimum atomic E-state index is -3.79. The summed E-state index contributed by atoms with van der Waals surface area (Å²) in [4.78, 5) is -0.149. The quantitative estimate of drug-likeness (QED) is 0.851. The number of ether oxygens (including phenoxy) is 1. The molecule has 1 aliphatic heterocycles. The van der Waals surface area contributed by atoms with Gasteiger partial charge in [0, 0.05) is 25.1 Å². The van der Waals surface area contributed by atoms with Gasteiger partial charge >= 0.3 is 0 Å². The zero-order chi connectivity index (χ0) is 14.9. The van der Waals surface area contributed by atoms with E-state index in [9.17, 15) is 12.8 Å². The molecule has 0 fully saturated rings. The Hall–Kier alpha value is -1.18. The predicted molar refractivity (Wildman–Crippen MR) is 73.6 cm³/mol. The summed E-state index contributed by atoms with van der Waals surface area (Å²) < 4.78 is 46.1. The molecule has 7 heteroatoms. The molecule has 3 N–H and O–H groups in total. The van der Waals surface area contributed by atoms with Crippen LogP contribution in [-0.4, -0.2) is 27.6 Å². The van der Waals surface area contributed by atoms with Crippen LogP contribution in [0.1, 0.15) is 19.4 Å². The molecule has 0 aliphatic carbocycles. The molecule has 0 aromatic heterocycles. The topological polar surface area (TPSA) is 81.4 Å². The van der Waals surface area contributed by atoms with E-state index in [2.05, 4.69) is 4.72 Å². The highest BCUT2D eigenvalue weighted by atomic mass is 32.2. The molecule has 1 unspecified atom stereocenters. The normalized spacial score (nSPS) is 18.1. The van der Waals surface area contributed by atoms with Gasteiger partial charge in [0.25, 0.3) is 0 Å². The first kappa shape index (κ1) is 15.2. The zero-order valence-corrected chi connectivity index (χ0v) is 12.3. The van der Waals surface area contributed by atoms with E-state index in [0.29, 0.717) is 12.0 Å². The minimum Gasteiger partial charge on any atom is -0.487 e. The smallest absolute Gasteiger partial charge is 0.244 e. The van der Waals surface area contributed by atoms with Gasteiger partial charge in [0.2, 0.25) is 10.0 Å². The molecular formula is C13H19FN2O3S. The van der Waals surface area contributed by atoms with Gasteiger partial charge in [-0.05, 0) is 18.1 Å². The fourth-order valence-electron chi connectivity index (χ4n) is 2.05. The molecule has 1 aromatic carbocycles. The van der Waals surface area contributed by atoms with Crippen molar-refractivity contribution in [3.8, 4) is 5.75 Å². The molecule has 20 heavy (non-hydrogen) atoms. The second kappa shape index (κ2) is 5.67. The van der Waals surface area contributed by atoms with Crippen molar-refractivity contribution in [2.75, 3.05) is 13.1 Å². The molecule has 0 bridgehead atoms. The maximum Gasteiger partial charge on any atom is 0.244 e. The lowest BCUT2D eigenvalue weighted by Crippen LogP contribution is -2.28. The van der Waals surface area contributed by atoms with E-state index < -0.39 is 15.8 Å². The Balaban J connectivity index is 2.38. The first-order chi connectivity index (χ1) is 9.33. The lowest BCUT2D eigenvalue weighted by atomic mass is 10.1. The Labute approximate surface area is 118 Å². The van der Waals surface area contributed by atoms with Crippen molar-refractivity contribution in [3.63, 3.8) is 0 Å². The van der Waals surface area contributed by atoms with Crippen LogP contribution in [0.2, 0.25) is 0 Å². The third-order valence-electron chi connectivity index (χ3n) is 3.06. The van der Waals surface area contributed by atoms with Crippen LogP contribution in [-0.2, 0) is 16.4 Å². The summed E-state index contributed by atoms with van der Waals surface area (Å²) in [7, 11) is -3.79.